The minimum absolute atomic E-state index is 0.0728. The quantitative estimate of drug-likeness (QED) is 0.210. The summed E-state index contributed by atoms with van der Waals surface area (Å²) in [4.78, 5) is 22.7. The molecule has 0 N–H and O–H groups in total. The smallest absolute Gasteiger partial charge is 0.331 e. The first-order chi connectivity index (χ1) is 8.84. The van der Waals surface area contributed by atoms with Crippen molar-refractivity contribution in [2.45, 2.75) is 0 Å². The summed E-state index contributed by atoms with van der Waals surface area (Å²) in [7, 11) is 0.863. The van der Waals surface area contributed by atoms with E-state index in [4.69, 9.17) is 5.26 Å². The zero-order valence-electron chi connectivity index (χ0n) is 9.34. The van der Waals surface area contributed by atoms with E-state index < -0.39 is 46.5 Å². The Bertz CT molecular complexity index is 595. The Morgan fingerprint density at radius 2 is 1.79 bits per heavy atom. The van der Waals surface area contributed by atoms with E-state index in [-0.39, 0.29) is 6.07 Å². The Morgan fingerprint density at radius 1 is 1.21 bits per heavy atom. The van der Waals surface area contributed by atoms with Crippen LogP contribution in [0, 0.1) is 40.5 Å². The minimum atomic E-state index is -2.20. The number of carbonyl (C=O) groups excluding carboxylic acids is 2. The van der Waals surface area contributed by atoms with E-state index in [1.165, 1.54) is 6.07 Å². The van der Waals surface area contributed by atoms with Crippen LogP contribution in [0.2, 0.25) is 0 Å². The highest BCUT2D eigenvalue weighted by Crippen LogP contribution is 2.21. The maximum absolute atomic E-state index is 13.3. The van der Waals surface area contributed by atoms with Gasteiger partial charge in [-0.1, -0.05) is 0 Å². The topological polar surface area (TPSA) is 67.2 Å². The molecule has 0 saturated heterocycles. The van der Waals surface area contributed by atoms with Crippen LogP contribution in [-0.2, 0) is 9.53 Å². The number of esters is 1. The van der Waals surface area contributed by atoms with Gasteiger partial charge in [0.1, 0.15) is 0 Å². The normalized spacial score (nSPS) is 11.6. The van der Waals surface area contributed by atoms with Crippen molar-refractivity contribution in [2.75, 3.05) is 7.11 Å². The number of rotatable bonds is 3. The summed E-state index contributed by atoms with van der Waals surface area (Å²) < 4.78 is 55.9. The molecule has 4 nitrogen and oxygen atoms in total. The maximum Gasteiger partial charge on any atom is 0.331 e. The molecule has 0 fully saturated rings. The molecule has 0 heterocycles. The second kappa shape index (κ2) is 5.48. The number of ketones is 1. The molecule has 19 heavy (non-hydrogen) atoms. The van der Waals surface area contributed by atoms with Gasteiger partial charge in [0.15, 0.2) is 29.1 Å². The van der Waals surface area contributed by atoms with Crippen LogP contribution in [-0.4, -0.2) is 18.9 Å². The highest BCUT2D eigenvalue weighted by Gasteiger charge is 2.33. The van der Waals surface area contributed by atoms with E-state index in [9.17, 15) is 27.2 Å². The van der Waals surface area contributed by atoms with E-state index in [2.05, 4.69) is 4.74 Å². The van der Waals surface area contributed by atoms with Crippen molar-refractivity contribution in [1.82, 2.24) is 0 Å². The van der Waals surface area contributed by atoms with Gasteiger partial charge in [0.2, 0.25) is 5.92 Å². The third-order valence-corrected chi connectivity index (χ3v) is 2.20. The summed E-state index contributed by atoms with van der Waals surface area (Å²) in [5.41, 5.74) is -1.24. The Kier molecular flexibility index (Phi) is 4.22. The van der Waals surface area contributed by atoms with Gasteiger partial charge in [-0.3, -0.25) is 9.59 Å². The van der Waals surface area contributed by atoms with Gasteiger partial charge >= 0.3 is 5.97 Å². The number of methoxy groups -OCH3 is 1. The van der Waals surface area contributed by atoms with E-state index in [1.807, 2.05) is 0 Å². The van der Waals surface area contributed by atoms with Crippen molar-refractivity contribution in [1.29, 1.82) is 5.26 Å². The fourth-order valence-corrected chi connectivity index (χ4v) is 1.24. The van der Waals surface area contributed by atoms with Gasteiger partial charge in [0.05, 0.1) is 18.7 Å². The molecule has 8 heteroatoms. The predicted octanol–water partition coefficient (Wildman–Crippen LogP) is 1.74. The average molecular weight is 275 g/mol. The summed E-state index contributed by atoms with van der Waals surface area (Å²) >= 11 is 0. The van der Waals surface area contributed by atoms with Gasteiger partial charge in [-0.05, 0) is 6.07 Å². The molecule has 1 aromatic carbocycles. The Morgan fingerprint density at radius 3 is 2.26 bits per heavy atom. The number of carbonyl (C=O) groups is 2. The molecule has 0 aromatic heterocycles. The van der Waals surface area contributed by atoms with Crippen molar-refractivity contribution in [3.63, 3.8) is 0 Å². The summed E-state index contributed by atoms with van der Waals surface area (Å²) in [5.74, 6) is -13.0. The highest BCUT2D eigenvalue weighted by molar-refractivity contribution is 6.10. The molecule has 0 aliphatic carbocycles. The summed E-state index contributed by atoms with van der Waals surface area (Å²) in [6.07, 6.45) is 0. The molecule has 0 radical (unpaired) electrons. The largest absolute Gasteiger partial charge is 0.468 e. The molecule has 0 aliphatic heterocycles. The van der Waals surface area contributed by atoms with Crippen molar-refractivity contribution in [3.8, 4) is 6.07 Å². The van der Waals surface area contributed by atoms with Crippen molar-refractivity contribution in [2.24, 2.45) is 5.92 Å². The molecule has 0 bridgehead atoms. The summed E-state index contributed by atoms with van der Waals surface area (Å²) in [6.45, 7) is 0. The molecule has 1 unspecified atom stereocenters. The molecule has 0 aliphatic rings. The predicted molar refractivity (Wildman–Crippen MR) is 51.7 cm³/mol. The second-order valence-corrected chi connectivity index (χ2v) is 3.30. The van der Waals surface area contributed by atoms with Gasteiger partial charge in [0.25, 0.3) is 0 Å². The SMILES string of the molecule is COC(=O)C(C#N)C(=O)c1cc(F)c(F)c(F)c1F. The van der Waals surface area contributed by atoms with Crippen LogP contribution in [0.15, 0.2) is 6.07 Å². The lowest BCUT2D eigenvalue weighted by Gasteiger charge is -2.08. The first-order valence-electron chi connectivity index (χ1n) is 4.69. The number of ether oxygens (including phenoxy) is 1. The lowest BCUT2D eigenvalue weighted by molar-refractivity contribution is -0.141. The molecule has 1 aromatic rings. The zero-order valence-corrected chi connectivity index (χ0v) is 9.34. The maximum atomic E-state index is 13.3. The third-order valence-electron chi connectivity index (χ3n) is 2.20. The molecule has 0 spiro atoms. The van der Waals surface area contributed by atoms with Crippen molar-refractivity contribution in [3.05, 3.63) is 34.9 Å². The molecular weight excluding hydrogens is 270 g/mol. The average Bonchev–Trinajstić information content (AvgIpc) is 2.40. The van der Waals surface area contributed by atoms with E-state index >= 15 is 0 Å². The monoisotopic (exact) mass is 275 g/mol. The van der Waals surface area contributed by atoms with Crippen LogP contribution in [0.5, 0.6) is 0 Å². The minimum Gasteiger partial charge on any atom is -0.468 e. The van der Waals surface area contributed by atoms with Gasteiger partial charge < -0.3 is 4.74 Å². The molecule has 0 amide bonds. The standard InChI is InChI=1S/C11H5F4NO3/c1-19-11(18)5(3-16)10(17)4-2-6(12)8(14)9(15)7(4)13/h2,5H,1H3. The van der Waals surface area contributed by atoms with Crippen LogP contribution >= 0.6 is 0 Å². The fourth-order valence-electron chi connectivity index (χ4n) is 1.24. The van der Waals surface area contributed by atoms with Crippen LogP contribution in [0.3, 0.4) is 0 Å². The summed E-state index contributed by atoms with van der Waals surface area (Å²) in [6, 6.07) is 1.28. The Balaban J connectivity index is 3.36. The molecule has 1 rings (SSSR count). The summed E-state index contributed by atoms with van der Waals surface area (Å²) in [5, 5.41) is 8.59. The van der Waals surface area contributed by atoms with Crippen molar-refractivity contribution >= 4 is 11.8 Å². The Labute approximate surface area is 104 Å². The first-order valence-corrected chi connectivity index (χ1v) is 4.69. The van der Waals surface area contributed by atoms with Gasteiger partial charge in [-0.15, -0.1) is 0 Å². The first kappa shape index (κ1) is 14.6. The number of nitrogens with zero attached hydrogens (tertiary/aromatic N) is 1. The van der Waals surface area contributed by atoms with E-state index in [1.54, 1.807) is 0 Å². The van der Waals surface area contributed by atoms with Crippen LogP contribution < -0.4 is 0 Å². The zero-order chi connectivity index (χ0) is 14.7. The number of halogens is 4. The lowest BCUT2D eigenvalue weighted by Crippen LogP contribution is -2.25. The highest BCUT2D eigenvalue weighted by atomic mass is 19.2. The second-order valence-electron chi connectivity index (χ2n) is 3.30. The number of hydrogen-bond acceptors (Lipinski definition) is 4. The lowest BCUT2D eigenvalue weighted by atomic mass is 9.98. The van der Waals surface area contributed by atoms with Gasteiger partial charge in [0, 0.05) is 0 Å². The van der Waals surface area contributed by atoms with E-state index in [0.29, 0.717) is 0 Å². The third kappa shape index (κ3) is 2.54. The van der Waals surface area contributed by atoms with Crippen LogP contribution in [0.1, 0.15) is 10.4 Å². The fraction of sp³-hybridized carbons (Fsp3) is 0.182. The number of nitriles is 1. The molecule has 100 valence electrons. The molecule has 0 saturated carbocycles. The van der Waals surface area contributed by atoms with Crippen molar-refractivity contribution < 1.29 is 31.9 Å². The molecular formula is C11H5F4NO3. The van der Waals surface area contributed by atoms with Gasteiger partial charge in [-0.2, -0.15) is 5.26 Å². The van der Waals surface area contributed by atoms with E-state index in [0.717, 1.165) is 7.11 Å². The van der Waals surface area contributed by atoms with Crippen LogP contribution in [0.25, 0.3) is 0 Å². The van der Waals surface area contributed by atoms with Crippen LogP contribution in [0.4, 0.5) is 17.6 Å². The number of benzene rings is 1. The Hall–Kier alpha value is -2.43. The molecule has 1 atom stereocenters. The van der Waals surface area contributed by atoms with Gasteiger partial charge in [-0.25, -0.2) is 17.6 Å². The number of Topliss-reactive ketones (excluding diaryl/α,β-unsaturated/α-hetero) is 1. The number of hydrogen-bond donors (Lipinski definition) is 0.